The van der Waals surface area contributed by atoms with Crippen LogP contribution in [0.3, 0.4) is 0 Å². The van der Waals surface area contributed by atoms with Crippen molar-refractivity contribution < 1.29 is 13.2 Å². The first-order valence-corrected chi connectivity index (χ1v) is 8.93. The summed E-state index contributed by atoms with van der Waals surface area (Å²) < 4.78 is 42.5. The molecule has 2 heterocycles. The van der Waals surface area contributed by atoms with Gasteiger partial charge in [0, 0.05) is 15.7 Å². The molecule has 0 bridgehead atoms. The number of hydrogen-bond acceptors (Lipinski definition) is 2. The van der Waals surface area contributed by atoms with Crippen molar-refractivity contribution in [3.8, 4) is 22.4 Å². The second-order valence-corrected chi connectivity index (χ2v) is 7.03. The molecule has 0 aliphatic heterocycles. The van der Waals surface area contributed by atoms with E-state index in [4.69, 9.17) is 0 Å². The number of aromatic nitrogens is 3. The highest BCUT2D eigenvalue weighted by Gasteiger charge is 2.36. The Hall–Kier alpha value is -2.67. The second-order valence-electron chi connectivity index (χ2n) is 6.12. The average molecular weight is 432 g/mol. The van der Waals surface area contributed by atoms with Crippen LogP contribution < -0.4 is 0 Å². The third-order valence-electron chi connectivity index (χ3n) is 4.17. The molecule has 3 nitrogen and oxygen atoms in total. The molecule has 2 aromatic carbocycles. The molecule has 4 aromatic rings. The zero-order chi connectivity index (χ0) is 19.2. The first-order valence-electron chi connectivity index (χ1n) is 8.13. The predicted molar refractivity (Wildman–Crippen MR) is 101 cm³/mol. The first kappa shape index (κ1) is 17.7. The van der Waals surface area contributed by atoms with Crippen LogP contribution in [0.25, 0.3) is 28.0 Å². The number of rotatable bonds is 2. The molecule has 0 saturated heterocycles. The van der Waals surface area contributed by atoms with Crippen LogP contribution in [0.15, 0.2) is 65.1 Å². The predicted octanol–water partition coefficient (Wildman–Crippen LogP) is 6.15. The van der Waals surface area contributed by atoms with Crippen molar-refractivity contribution >= 4 is 21.6 Å². The third kappa shape index (κ3) is 3.23. The molecule has 7 heteroatoms. The maximum atomic E-state index is 13.6. The van der Waals surface area contributed by atoms with Crippen molar-refractivity contribution in [2.45, 2.75) is 13.1 Å². The van der Waals surface area contributed by atoms with Gasteiger partial charge in [0.05, 0.1) is 5.56 Å². The molecule has 2 aromatic heterocycles. The van der Waals surface area contributed by atoms with E-state index in [2.05, 4.69) is 26.0 Å². The first-order chi connectivity index (χ1) is 12.8. The summed E-state index contributed by atoms with van der Waals surface area (Å²) in [6.45, 7) is 1.55. The quantitative estimate of drug-likeness (QED) is 0.380. The molecule has 0 spiro atoms. The fourth-order valence-electron chi connectivity index (χ4n) is 3.05. The summed E-state index contributed by atoms with van der Waals surface area (Å²) in [5.74, 6) is 0. The van der Waals surface area contributed by atoms with Crippen LogP contribution in [0.5, 0.6) is 0 Å². The Morgan fingerprint density at radius 3 is 2.30 bits per heavy atom. The molecular formula is C20H13BrF3N3. The summed E-state index contributed by atoms with van der Waals surface area (Å²) >= 11 is 3.41. The second kappa shape index (κ2) is 6.49. The Kier molecular flexibility index (Phi) is 4.26. The lowest BCUT2D eigenvalue weighted by Crippen LogP contribution is -2.13. The SMILES string of the molecule is Cc1cc(C(F)(F)F)n2nc(-c3cccc(Br)c3)c(-c3ccccc3)c2n1. The van der Waals surface area contributed by atoms with Gasteiger partial charge in [-0.2, -0.15) is 18.3 Å². The monoisotopic (exact) mass is 431 g/mol. The number of aryl methyl sites for hydroxylation is 1. The molecule has 0 aliphatic rings. The lowest BCUT2D eigenvalue weighted by atomic mass is 10.0. The van der Waals surface area contributed by atoms with E-state index in [1.54, 1.807) is 6.92 Å². The summed E-state index contributed by atoms with van der Waals surface area (Å²) in [5.41, 5.74) is 2.11. The molecule has 0 amide bonds. The van der Waals surface area contributed by atoms with Gasteiger partial charge in [0.1, 0.15) is 11.4 Å². The number of halogens is 4. The Balaban J connectivity index is 2.14. The lowest BCUT2D eigenvalue weighted by molar-refractivity contribution is -0.142. The minimum atomic E-state index is -4.54. The minimum absolute atomic E-state index is 0.184. The zero-order valence-electron chi connectivity index (χ0n) is 14.1. The van der Waals surface area contributed by atoms with Gasteiger partial charge < -0.3 is 0 Å². The summed E-state index contributed by atoms with van der Waals surface area (Å²) in [6, 6.07) is 17.5. The summed E-state index contributed by atoms with van der Waals surface area (Å²) in [4.78, 5) is 4.38. The number of alkyl halides is 3. The smallest absolute Gasteiger partial charge is 0.233 e. The van der Waals surface area contributed by atoms with E-state index in [0.29, 0.717) is 16.8 Å². The van der Waals surface area contributed by atoms with E-state index in [1.165, 1.54) is 0 Å². The largest absolute Gasteiger partial charge is 0.433 e. The van der Waals surface area contributed by atoms with Gasteiger partial charge in [-0.15, -0.1) is 0 Å². The number of hydrogen-bond donors (Lipinski definition) is 0. The van der Waals surface area contributed by atoms with Gasteiger partial charge in [-0.25, -0.2) is 9.50 Å². The highest BCUT2D eigenvalue weighted by Crippen LogP contribution is 2.38. The van der Waals surface area contributed by atoms with Crippen LogP contribution in [0.1, 0.15) is 11.4 Å². The number of benzene rings is 2. The van der Waals surface area contributed by atoms with Crippen molar-refractivity contribution in [1.82, 2.24) is 14.6 Å². The fourth-order valence-corrected chi connectivity index (χ4v) is 3.45. The van der Waals surface area contributed by atoms with Crippen molar-refractivity contribution in [2.75, 3.05) is 0 Å². The van der Waals surface area contributed by atoms with Gasteiger partial charge in [-0.1, -0.05) is 58.4 Å². The Morgan fingerprint density at radius 2 is 1.63 bits per heavy atom. The van der Waals surface area contributed by atoms with E-state index in [0.717, 1.165) is 20.6 Å². The van der Waals surface area contributed by atoms with Crippen LogP contribution in [0.2, 0.25) is 0 Å². The maximum Gasteiger partial charge on any atom is 0.433 e. The van der Waals surface area contributed by atoms with Gasteiger partial charge in [0.2, 0.25) is 0 Å². The minimum Gasteiger partial charge on any atom is -0.233 e. The molecule has 27 heavy (non-hydrogen) atoms. The van der Waals surface area contributed by atoms with Gasteiger partial charge in [0.25, 0.3) is 0 Å². The number of fused-ring (bicyclic) bond motifs is 1. The molecule has 0 N–H and O–H groups in total. The summed E-state index contributed by atoms with van der Waals surface area (Å²) in [5, 5.41) is 4.32. The standard InChI is InChI=1S/C20H13BrF3N3/c1-12-10-16(20(22,23)24)27-19(25-12)17(13-6-3-2-4-7-13)18(26-27)14-8-5-9-15(21)11-14/h2-11H,1H3. The van der Waals surface area contributed by atoms with Crippen LogP contribution in [0, 0.1) is 6.92 Å². The normalized spacial score (nSPS) is 11.9. The topological polar surface area (TPSA) is 30.2 Å². The van der Waals surface area contributed by atoms with Gasteiger partial charge >= 0.3 is 6.18 Å². The molecule has 0 unspecified atom stereocenters. The Labute approximate surface area is 161 Å². The van der Waals surface area contributed by atoms with Crippen LogP contribution >= 0.6 is 15.9 Å². The molecule has 0 radical (unpaired) electrons. The molecule has 0 saturated carbocycles. The average Bonchev–Trinajstić information content (AvgIpc) is 3.00. The van der Waals surface area contributed by atoms with Crippen molar-refractivity contribution in [3.05, 3.63) is 76.5 Å². The molecule has 0 fully saturated rings. The highest BCUT2D eigenvalue weighted by molar-refractivity contribution is 9.10. The van der Waals surface area contributed by atoms with Crippen molar-refractivity contribution in [2.24, 2.45) is 0 Å². The van der Waals surface area contributed by atoms with E-state index < -0.39 is 11.9 Å². The molecule has 0 atom stereocenters. The van der Waals surface area contributed by atoms with Crippen molar-refractivity contribution in [3.63, 3.8) is 0 Å². The molecular weight excluding hydrogens is 419 g/mol. The van der Waals surface area contributed by atoms with E-state index in [-0.39, 0.29) is 11.3 Å². The van der Waals surface area contributed by atoms with Gasteiger partial charge in [0.15, 0.2) is 5.65 Å². The van der Waals surface area contributed by atoms with Crippen LogP contribution in [-0.2, 0) is 6.18 Å². The molecule has 4 rings (SSSR count). The van der Waals surface area contributed by atoms with E-state index >= 15 is 0 Å². The van der Waals surface area contributed by atoms with E-state index in [9.17, 15) is 13.2 Å². The number of nitrogens with zero attached hydrogens (tertiary/aromatic N) is 3. The van der Waals surface area contributed by atoms with Gasteiger partial charge in [-0.3, -0.25) is 0 Å². The molecule has 136 valence electrons. The van der Waals surface area contributed by atoms with Crippen molar-refractivity contribution in [1.29, 1.82) is 0 Å². The van der Waals surface area contributed by atoms with Gasteiger partial charge in [-0.05, 0) is 30.7 Å². The Bertz CT molecular complexity index is 1130. The van der Waals surface area contributed by atoms with Crippen LogP contribution in [0.4, 0.5) is 13.2 Å². The third-order valence-corrected chi connectivity index (χ3v) is 4.66. The lowest BCUT2D eigenvalue weighted by Gasteiger charge is -2.09. The fraction of sp³-hybridized carbons (Fsp3) is 0.100. The maximum absolute atomic E-state index is 13.6. The zero-order valence-corrected chi connectivity index (χ0v) is 15.7. The highest BCUT2D eigenvalue weighted by atomic mass is 79.9. The van der Waals surface area contributed by atoms with E-state index in [1.807, 2.05) is 54.6 Å². The van der Waals surface area contributed by atoms with Crippen LogP contribution in [-0.4, -0.2) is 14.6 Å². The summed E-state index contributed by atoms with van der Waals surface area (Å²) in [7, 11) is 0. The Morgan fingerprint density at radius 1 is 0.926 bits per heavy atom. The molecule has 0 aliphatic carbocycles. The summed E-state index contributed by atoms with van der Waals surface area (Å²) in [6.07, 6.45) is -4.54.